The third-order valence-electron chi connectivity index (χ3n) is 4.85. The van der Waals surface area contributed by atoms with Gasteiger partial charge >= 0.3 is 0 Å². The summed E-state index contributed by atoms with van der Waals surface area (Å²) in [5, 5.41) is 13.1. The lowest BCUT2D eigenvalue weighted by Crippen LogP contribution is -2.19. The lowest BCUT2D eigenvalue weighted by Gasteiger charge is -2.11. The van der Waals surface area contributed by atoms with E-state index in [4.69, 9.17) is 21.1 Å². The van der Waals surface area contributed by atoms with E-state index in [1.807, 2.05) is 66.7 Å². The average molecular weight is 571 g/mol. The van der Waals surface area contributed by atoms with Crippen molar-refractivity contribution >= 4 is 58.6 Å². The molecule has 0 unspecified atom stereocenters. The van der Waals surface area contributed by atoms with Gasteiger partial charge < -0.3 is 9.47 Å². The largest absolute Gasteiger partial charge is 0.493 e. The summed E-state index contributed by atoms with van der Waals surface area (Å²) in [6.45, 7) is 0.414. The maximum Gasteiger partial charge on any atom is 0.250 e. The number of thioether (sulfide) groups is 2. The molecule has 37 heavy (non-hydrogen) atoms. The number of hydrogen-bond donors (Lipinski definition) is 1. The molecule has 0 bridgehead atoms. The van der Waals surface area contributed by atoms with Crippen molar-refractivity contribution in [3.8, 4) is 11.5 Å². The molecule has 1 N–H and O–H groups in total. The van der Waals surface area contributed by atoms with Crippen LogP contribution in [0.15, 0.2) is 86.6 Å². The Labute approximate surface area is 232 Å². The van der Waals surface area contributed by atoms with Crippen LogP contribution in [0.1, 0.15) is 16.7 Å². The summed E-state index contributed by atoms with van der Waals surface area (Å²) in [7, 11) is 1.59. The predicted octanol–water partition coefficient (Wildman–Crippen LogP) is 6.31. The van der Waals surface area contributed by atoms with E-state index in [0.717, 1.165) is 30.4 Å². The molecule has 0 saturated heterocycles. The van der Waals surface area contributed by atoms with Gasteiger partial charge in [0.2, 0.25) is 0 Å². The van der Waals surface area contributed by atoms with Crippen molar-refractivity contribution in [2.75, 3.05) is 12.9 Å². The van der Waals surface area contributed by atoms with Crippen LogP contribution >= 0.6 is 46.5 Å². The topological polar surface area (TPSA) is 85.7 Å². The summed E-state index contributed by atoms with van der Waals surface area (Å²) in [4.78, 5) is 12.2. The summed E-state index contributed by atoms with van der Waals surface area (Å²) in [5.74, 6) is 1.86. The van der Waals surface area contributed by atoms with Gasteiger partial charge in [-0.2, -0.15) is 5.10 Å². The number of nitrogens with zero attached hydrogens (tertiary/aromatic N) is 3. The van der Waals surface area contributed by atoms with Crippen LogP contribution in [0.25, 0.3) is 0 Å². The minimum absolute atomic E-state index is 0.176. The van der Waals surface area contributed by atoms with Gasteiger partial charge in [-0.05, 0) is 41.0 Å². The molecule has 0 atom stereocenters. The zero-order valence-corrected chi connectivity index (χ0v) is 23.0. The van der Waals surface area contributed by atoms with Crippen molar-refractivity contribution < 1.29 is 14.3 Å². The highest BCUT2D eigenvalue weighted by molar-refractivity contribution is 8.03. The molecule has 0 saturated carbocycles. The van der Waals surface area contributed by atoms with Gasteiger partial charge in [-0.3, -0.25) is 4.79 Å². The second-order valence-corrected chi connectivity index (χ2v) is 11.3. The maximum atomic E-state index is 12.2. The number of aromatic nitrogens is 2. The van der Waals surface area contributed by atoms with Crippen molar-refractivity contribution in [3.63, 3.8) is 0 Å². The van der Waals surface area contributed by atoms with E-state index in [2.05, 4.69) is 20.7 Å². The van der Waals surface area contributed by atoms with Crippen LogP contribution in [-0.4, -0.2) is 35.2 Å². The van der Waals surface area contributed by atoms with Crippen molar-refractivity contribution in [1.29, 1.82) is 0 Å². The number of methoxy groups -OCH3 is 1. The number of amides is 1. The van der Waals surface area contributed by atoms with E-state index in [-0.39, 0.29) is 11.7 Å². The van der Waals surface area contributed by atoms with E-state index < -0.39 is 0 Å². The van der Waals surface area contributed by atoms with Crippen molar-refractivity contribution in [1.82, 2.24) is 15.6 Å². The molecule has 3 aromatic carbocycles. The van der Waals surface area contributed by atoms with Gasteiger partial charge in [-0.25, -0.2) is 5.43 Å². The fraction of sp³-hybridized carbons (Fsp3) is 0.154. The van der Waals surface area contributed by atoms with E-state index in [0.29, 0.717) is 23.9 Å². The van der Waals surface area contributed by atoms with E-state index in [1.165, 1.54) is 23.1 Å². The summed E-state index contributed by atoms with van der Waals surface area (Å²) in [6.07, 6.45) is 1.56. The number of nitrogens with one attached hydrogen (secondary N) is 1. The average Bonchev–Trinajstić information content (AvgIpc) is 3.39. The van der Waals surface area contributed by atoms with Gasteiger partial charge in [0, 0.05) is 10.8 Å². The Hall–Kier alpha value is -3.05. The van der Waals surface area contributed by atoms with Gasteiger partial charge in [-0.1, -0.05) is 95.0 Å². The Balaban J connectivity index is 1.23. The SMILES string of the molecule is COc1ccc(/C=N/NC(=O)CSc2nnc(SCc3ccccc3Cl)s2)cc1OCc1ccccc1. The highest BCUT2D eigenvalue weighted by Crippen LogP contribution is 2.32. The number of carbonyl (C=O) groups excluding carboxylic acids is 1. The second kappa shape index (κ2) is 14.0. The Morgan fingerprint density at radius 3 is 2.57 bits per heavy atom. The van der Waals surface area contributed by atoms with E-state index in [1.54, 1.807) is 31.2 Å². The molecular formula is C26H23ClN4O3S3. The molecule has 1 aromatic heterocycles. The smallest absolute Gasteiger partial charge is 0.250 e. The summed E-state index contributed by atoms with van der Waals surface area (Å²) in [5.41, 5.74) is 5.40. The van der Waals surface area contributed by atoms with Crippen molar-refractivity contribution in [2.24, 2.45) is 5.10 Å². The molecule has 190 valence electrons. The number of hydrogen-bond acceptors (Lipinski definition) is 9. The standard InChI is InChI=1S/C26H23ClN4O3S3/c1-33-22-12-11-19(13-23(22)34-15-18-7-3-2-4-8-18)14-28-29-24(32)17-36-26-31-30-25(37-26)35-16-20-9-5-6-10-21(20)27/h2-14H,15-17H2,1H3,(H,29,32)/b28-14+. The Bertz CT molecular complexity index is 1350. The zero-order valence-electron chi connectivity index (χ0n) is 19.8. The van der Waals surface area contributed by atoms with Crippen molar-refractivity contribution in [3.05, 3.63) is 94.5 Å². The van der Waals surface area contributed by atoms with Crippen LogP contribution in [0, 0.1) is 0 Å². The first-order valence-electron chi connectivity index (χ1n) is 11.1. The molecule has 4 rings (SSSR count). The normalized spacial score (nSPS) is 11.0. The fourth-order valence-corrected chi connectivity index (χ4v) is 6.13. The molecule has 11 heteroatoms. The summed E-state index contributed by atoms with van der Waals surface area (Å²) >= 11 is 10.5. The highest BCUT2D eigenvalue weighted by Gasteiger charge is 2.10. The first kappa shape index (κ1) is 27.0. The Morgan fingerprint density at radius 2 is 1.78 bits per heavy atom. The molecule has 0 aliphatic heterocycles. The molecule has 1 amide bonds. The van der Waals surface area contributed by atoms with Crippen LogP contribution in [0.3, 0.4) is 0 Å². The van der Waals surface area contributed by atoms with Gasteiger partial charge in [0.05, 0.1) is 19.1 Å². The van der Waals surface area contributed by atoms with E-state index in [9.17, 15) is 4.79 Å². The number of halogens is 1. The summed E-state index contributed by atoms with van der Waals surface area (Å²) in [6, 6.07) is 23.0. The molecule has 0 radical (unpaired) electrons. The molecule has 0 spiro atoms. The number of benzene rings is 3. The molecular weight excluding hydrogens is 548 g/mol. The quantitative estimate of drug-likeness (QED) is 0.121. The first-order valence-corrected chi connectivity index (χ1v) is 14.3. The number of rotatable bonds is 12. The fourth-order valence-electron chi connectivity index (χ4n) is 3.03. The van der Waals surface area contributed by atoms with Gasteiger partial charge in [-0.15, -0.1) is 10.2 Å². The third-order valence-corrected chi connectivity index (χ3v) is 8.46. The minimum atomic E-state index is -0.240. The van der Waals surface area contributed by atoms with Crippen LogP contribution in [-0.2, 0) is 17.2 Å². The zero-order chi connectivity index (χ0) is 25.9. The van der Waals surface area contributed by atoms with Crippen LogP contribution in [0.2, 0.25) is 5.02 Å². The van der Waals surface area contributed by atoms with Gasteiger partial charge in [0.15, 0.2) is 20.2 Å². The lowest BCUT2D eigenvalue weighted by atomic mass is 10.2. The van der Waals surface area contributed by atoms with Crippen LogP contribution in [0.5, 0.6) is 11.5 Å². The molecule has 0 fully saturated rings. The van der Waals surface area contributed by atoms with Crippen LogP contribution in [0.4, 0.5) is 0 Å². The maximum absolute atomic E-state index is 12.2. The van der Waals surface area contributed by atoms with E-state index >= 15 is 0 Å². The number of carbonyl (C=O) groups is 1. The summed E-state index contributed by atoms with van der Waals surface area (Å²) < 4.78 is 12.9. The molecule has 4 aromatic rings. The highest BCUT2D eigenvalue weighted by atomic mass is 35.5. The lowest BCUT2D eigenvalue weighted by molar-refractivity contribution is -0.118. The molecule has 0 aliphatic carbocycles. The number of ether oxygens (including phenoxy) is 2. The molecule has 7 nitrogen and oxygen atoms in total. The van der Waals surface area contributed by atoms with Crippen LogP contribution < -0.4 is 14.9 Å². The van der Waals surface area contributed by atoms with Crippen molar-refractivity contribution in [2.45, 2.75) is 21.0 Å². The van der Waals surface area contributed by atoms with Gasteiger partial charge in [0.1, 0.15) is 6.61 Å². The second-order valence-electron chi connectivity index (χ2n) is 7.48. The Kier molecular flexibility index (Phi) is 10.2. The Morgan fingerprint density at radius 1 is 1.03 bits per heavy atom. The molecule has 0 aliphatic rings. The predicted molar refractivity (Wildman–Crippen MR) is 151 cm³/mol. The molecule has 1 heterocycles. The first-order chi connectivity index (χ1) is 18.1. The third kappa shape index (κ3) is 8.50. The van der Waals surface area contributed by atoms with Gasteiger partial charge in [0.25, 0.3) is 5.91 Å². The minimum Gasteiger partial charge on any atom is -0.493 e. The monoisotopic (exact) mass is 570 g/mol. The number of hydrazone groups is 1.